The van der Waals surface area contributed by atoms with E-state index < -0.39 is 11.9 Å². The number of rotatable bonds is 3. The van der Waals surface area contributed by atoms with Gasteiger partial charge in [-0.05, 0) is 31.4 Å². The van der Waals surface area contributed by atoms with Gasteiger partial charge < -0.3 is 15.3 Å². The molecule has 0 spiro atoms. The number of nitrogens with zero attached hydrogens (tertiary/aromatic N) is 1. The summed E-state index contributed by atoms with van der Waals surface area (Å²) in [5.41, 5.74) is 1.05. The number of Topliss-reactive ketones (excluding diaryl/α,β-unsaturated/α-hetero) is 1. The van der Waals surface area contributed by atoms with Crippen molar-refractivity contribution in [3.05, 3.63) is 29.8 Å². The fourth-order valence-corrected chi connectivity index (χ4v) is 2.71. The fraction of sp³-hybridized carbons (Fsp3) is 0.438. The number of piperidine rings is 1. The van der Waals surface area contributed by atoms with E-state index in [0.29, 0.717) is 24.2 Å². The van der Waals surface area contributed by atoms with E-state index in [1.165, 1.54) is 11.8 Å². The van der Waals surface area contributed by atoms with Gasteiger partial charge in [-0.2, -0.15) is 0 Å². The molecule has 22 heavy (non-hydrogen) atoms. The molecule has 0 aliphatic carbocycles. The number of amides is 2. The maximum atomic E-state index is 12.3. The highest BCUT2D eigenvalue weighted by atomic mass is 16.4. The van der Waals surface area contributed by atoms with Gasteiger partial charge in [0.15, 0.2) is 5.78 Å². The van der Waals surface area contributed by atoms with Crippen LogP contribution in [0.1, 0.15) is 30.6 Å². The molecular formula is C16H20N2O4. The number of nitrogens with one attached hydrogen (secondary N) is 1. The summed E-state index contributed by atoms with van der Waals surface area (Å²) in [6, 6.07) is 6.36. The Morgan fingerprint density at radius 1 is 1.27 bits per heavy atom. The number of carboxylic acids is 1. The van der Waals surface area contributed by atoms with Crippen LogP contribution in [0, 0.1) is 11.8 Å². The number of carbonyl (C=O) groups is 3. The molecule has 1 fully saturated rings. The van der Waals surface area contributed by atoms with Gasteiger partial charge in [-0.15, -0.1) is 0 Å². The lowest BCUT2D eigenvalue weighted by Gasteiger charge is -2.34. The largest absolute Gasteiger partial charge is 0.481 e. The Bertz CT molecular complexity index is 600. The first-order valence-corrected chi connectivity index (χ1v) is 7.26. The van der Waals surface area contributed by atoms with Crippen molar-refractivity contribution in [2.24, 2.45) is 11.8 Å². The molecule has 2 amide bonds. The molecule has 1 aromatic carbocycles. The average Bonchev–Trinajstić information content (AvgIpc) is 2.46. The number of aliphatic carboxylic acids is 1. The number of benzene rings is 1. The van der Waals surface area contributed by atoms with E-state index in [1.54, 1.807) is 24.3 Å². The molecule has 6 heteroatoms. The molecular weight excluding hydrogens is 284 g/mol. The number of carbonyl (C=O) groups excluding carboxylic acids is 2. The number of hydrogen-bond acceptors (Lipinski definition) is 3. The summed E-state index contributed by atoms with van der Waals surface area (Å²) in [4.78, 5) is 36.3. The molecule has 1 aromatic rings. The molecule has 118 valence electrons. The number of ketones is 1. The third kappa shape index (κ3) is 3.84. The monoisotopic (exact) mass is 304 g/mol. The summed E-state index contributed by atoms with van der Waals surface area (Å²) in [5, 5.41) is 11.9. The summed E-state index contributed by atoms with van der Waals surface area (Å²) < 4.78 is 0. The maximum Gasteiger partial charge on any atom is 0.321 e. The van der Waals surface area contributed by atoms with Gasteiger partial charge >= 0.3 is 12.0 Å². The zero-order chi connectivity index (χ0) is 16.3. The van der Waals surface area contributed by atoms with Gasteiger partial charge in [0.05, 0.1) is 5.92 Å². The third-order valence-corrected chi connectivity index (χ3v) is 3.82. The van der Waals surface area contributed by atoms with Crippen LogP contribution in [0.25, 0.3) is 0 Å². The quantitative estimate of drug-likeness (QED) is 0.840. The third-order valence-electron chi connectivity index (χ3n) is 3.82. The van der Waals surface area contributed by atoms with Crippen LogP contribution in [0.4, 0.5) is 10.5 Å². The second-order valence-corrected chi connectivity index (χ2v) is 5.85. The van der Waals surface area contributed by atoms with Crippen LogP contribution in [0.5, 0.6) is 0 Å². The molecule has 1 aliphatic heterocycles. The lowest BCUT2D eigenvalue weighted by molar-refractivity contribution is -0.143. The topological polar surface area (TPSA) is 86.7 Å². The summed E-state index contributed by atoms with van der Waals surface area (Å²) in [5.74, 6) is -1.33. The number of likely N-dealkylation sites (tertiary alicyclic amines) is 1. The summed E-state index contributed by atoms with van der Waals surface area (Å²) >= 11 is 0. The lowest BCUT2D eigenvalue weighted by Crippen LogP contribution is -2.47. The number of hydrogen-bond donors (Lipinski definition) is 2. The second kappa shape index (κ2) is 6.60. The van der Waals surface area contributed by atoms with Crippen molar-refractivity contribution in [1.29, 1.82) is 0 Å². The van der Waals surface area contributed by atoms with Crippen LogP contribution in [-0.2, 0) is 4.79 Å². The Balaban J connectivity index is 2.06. The molecule has 0 aromatic heterocycles. The zero-order valence-electron chi connectivity index (χ0n) is 12.7. The van der Waals surface area contributed by atoms with Crippen molar-refractivity contribution >= 4 is 23.5 Å². The summed E-state index contributed by atoms with van der Waals surface area (Å²) in [6.07, 6.45) is 0.582. The van der Waals surface area contributed by atoms with E-state index in [4.69, 9.17) is 5.11 Å². The van der Waals surface area contributed by atoms with Crippen LogP contribution < -0.4 is 5.32 Å². The van der Waals surface area contributed by atoms with Crippen molar-refractivity contribution in [3.8, 4) is 0 Å². The predicted molar refractivity (Wildman–Crippen MR) is 81.9 cm³/mol. The van der Waals surface area contributed by atoms with Crippen LogP contribution >= 0.6 is 0 Å². The first kappa shape index (κ1) is 16.0. The molecule has 2 N–H and O–H groups in total. The van der Waals surface area contributed by atoms with Gasteiger partial charge in [0.25, 0.3) is 0 Å². The zero-order valence-corrected chi connectivity index (χ0v) is 12.7. The number of carboxylic acid groups (broad SMARTS) is 1. The smallest absolute Gasteiger partial charge is 0.321 e. The first-order valence-electron chi connectivity index (χ1n) is 7.26. The van der Waals surface area contributed by atoms with Crippen molar-refractivity contribution in [3.63, 3.8) is 0 Å². The van der Waals surface area contributed by atoms with Gasteiger partial charge in [0, 0.05) is 24.3 Å². The van der Waals surface area contributed by atoms with Crippen molar-refractivity contribution < 1.29 is 19.5 Å². The second-order valence-electron chi connectivity index (χ2n) is 5.85. The van der Waals surface area contributed by atoms with E-state index in [9.17, 15) is 14.4 Å². The van der Waals surface area contributed by atoms with Crippen molar-refractivity contribution in [2.75, 3.05) is 18.4 Å². The molecule has 1 heterocycles. The molecule has 2 atom stereocenters. The Labute approximate surface area is 129 Å². The molecule has 2 unspecified atom stereocenters. The highest BCUT2D eigenvalue weighted by Gasteiger charge is 2.31. The highest BCUT2D eigenvalue weighted by Crippen LogP contribution is 2.22. The SMILES string of the molecule is CC(=O)c1cccc(NC(=O)N2CC(C)CC(C(=O)O)C2)c1. The first-order chi connectivity index (χ1) is 10.4. The highest BCUT2D eigenvalue weighted by molar-refractivity contribution is 5.96. The lowest BCUT2D eigenvalue weighted by atomic mass is 9.91. The van der Waals surface area contributed by atoms with Crippen LogP contribution in [-0.4, -0.2) is 40.9 Å². The Morgan fingerprint density at radius 2 is 2.00 bits per heavy atom. The van der Waals surface area contributed by atoms with E-state index in [2.05, 4.69) is 5.32 Å². The van der Waals surface area contributed by atoms with Crippen molar-refractivity contribution in [1.82, 2.24) is 4.90 Å². The van der Waals surface area contributed by atoms with E-state index in [0.717, 1.165) is 0 Å². The van der Waals surface area contributed by atoms with Crippen LogP contribution in [0.3, 0.4) is 0 Å². The van der Waals surface area contributed by atoms with Gasteiger partial charge in [-0.3, -0.25) is 9.59 Å². The molecule has 2 rings (SSSR count). The molecule has 6 nitrogen and oxygen atoms in total. The van der Waals surface area contributed by atoms with Gasteiger partial charge in [0.1, 0.15) is 0 Å². The van der Waals surface area contributed by atoms with Gasteiger partial charge in [0.2, 0.25) is 0 Å². The molecule has 0 radical (unpaired) electrons. The Hall–Kier alpha value is -2.37. The molecule has 1 aliphatic rings. The maximum absolute atomic E-state index is 12.3. The van der Waals surface area contributed by atoms with Gasteiger partial charge in [-0.1, -0.05) is 19.1 Å². The van der Waals surface area contributed by atoms with Crippen molar-refractivity contribution in [2.45, 2.75) is 20.3 Å². The normalized spacial score (nSPS) is 21.3. The average molecular weight is 304 g/mol. The minimum atomic E-state index is -0.872. The number of urea groups is 1. The van der Waals surface area contributed by atoms with E-state index in [1.807, 2.05) is 6.92 Å². The van der Waals surface area contributed by atoms with Gasteiger partial charge in [-0.25, -0.2) is 4.79 Å². The molecule has 1 saturated heterocycles. The minimum Gasteiger partial charge on any atom is -0.481 e. The Kier molecular flexibility index (Phi) is 4.80. The van der Waals surface area contributed by atoms with Crippen LogP contribution in [0.2, 0.25) is 0 Å². The minimum absolute atomic E-state index is 0.0753. The summed E-state index contributed by atoms with van der Waals surface area (Å²) in [6.45, 7) is 4.14. The molecule has 0 saturated carbocycles. The van der Waals surface area contributed by atoms with E-state index >= 15 is 0 Å². The summed E-state index contributed by atoms with van der Waals surface area (Å²) in [7, 11) is 0. The number of anilines is 1. The molecule has 0 bridgehead atoms. The fourth-order valence-electron chi connectivity index (χ4n) is 2.71. The van der Waals surface area contributed by atoms with Crippen LogP contribution in [0.15, 0.2) is 24.3 Å². The standard InChI is InChI=1S/C16H20N2O4/c1-10-6-13(15(20)21)9-18(8-10)16(22)17-14-5-3-4-12(7-14)11(2)19/h3-5,7,10,13H,6,8-9H2,1-2H3,(H,17,22)(H,20,21). The van der Waals surface area contributed by atoms with E-state index in [-0.39, 0.29) is 24.3 Å². The Morgan fingerprint density at radius 3 is 2.64 bits per heavy atom. The predicted octanol–water partition coefficient (Wildman–Crippen LogP) is 2.46.